The topological polar surface area (TPSA) is 120 Å². The van der Waals surface area contributed by atoms with Crippen molar-refractivity contribution in [1.82, 2.24) is 9.55 Å². The fourth-order valence-corrected chi connectivity index (χ4v) is 5.29. The molecule has 0 amide bonds. The van der Waals surface area contributed by atoms with Gasteiger partial charge in [-0.15, -0.1) is 13.2 Å². The SMILES string of the molecule is Cc1nc(C(C)F)cn1-c1ccc(-c2cc(F)c(CO)c(S(C)=O)c2)cc1N(N)/C(=C\N)c1ccc(OC(F)(F)F)cc1. The number of halogens is 5. The summed E-state index contributed by atoms with van der Waals surface area (Å²) in [5.41, 5.74) is 7.97. The quantitative estimate of drug-likeness (QED) is 0.123. The molecule has 0 aliphatic carbocycles. The first-order valence-corrected chi connectivity index (χ1v) is 14.2. The zero-order valence-corrected chi connectivity index (χ0v) is 24.0. The maximum Gasteiger partial charge on any atom is 0.573 e. The van der Waals surface area contributed by atoms with Gasteiger partial charge in [-0.2, -0.15) is 0 Å². The largest absolute Gasteiger partial charge is 0.573 e. The van der Waals surface area contributed by atoms with Crippen molar-refractivity contribution in [3.8, 4) is 22.6 Å². The second-order valence-electron chi connectivity index (χ2n) is 9.44. The van der Waals surface area contributed by atoms with E-state index in [2.05, 4.69) is 9.72 Å². The van der Waals surface area contributed by atoms with Crippen LogP contribution in [0.25, 0.3) is 22.5 Å². The number of imidazole rings is 1. The van der Waals surface area contributed by atoms with E-state index >= 15 is 0 Å². The van der Waals surface area contributed by atoms with Gasteiger partial charge < -0.3 is 20.1 Å². The average molecular weight is 622 g/mol. The number of hydrogen-bond acceptors (Lipinski definition) is 7. The Hall–Kier alpha value is -4.27. The molecule has 5 N–H and O–H groups in total. The van der Waals surface area contributed by atoms with E-state index < -0.39 is 41.5 Å². The molecule has 0 saturated carbocycles. The first-order valence-electron chi connectivity index (χ1n) is 12.7. The molecule has 0 aliphatic heterocycles. The van der Waals surface area contributed by atoms with Gasteiger partial charge in [-0.05, 0) is 73.5 Å². The number of hydrazine groups is 1. The summed E-state index contributed by atoms with van der Waals surface area (Å²) in [4.78, 5) is 4.38. The molecule has 0 radical (unpaired) electrons. The molecule has 0 spiro atoms. The molecule has 0 saturated heterocycles. The van der Waals surface area contributed by atoms with Crippen LogP contribution in [0.15, 0.2) is 71.9 Å². The molecule has 3 aromatic carbocycles. The zero-order chi connectivity index (χ0) is 31.6. The third-order valence-corrected chi connectivity index (χ3v) is 7.54. The molecule has 228 valence electrons. The number of ether oxygens (including phenoxy) is 1. The van der Waals surface area contributed by atoms with Crippen LogP contribution in [0.3, 0.4) is 0 Å². The lowest BCUT2D eigenvalue weighted by Crippen LogP contribution is -2.31. The molecule has 8 nitrogen and oxygen atoms in total. The Morgan fingerprint density at radius 2 is 1.84 bits per heavy atom. The first kappa shape index (κ1) is 31.7. The highest BCUT2D eigenvalue weighted by Crippen LogP contribution is 2.36. The van der Waals surface area contributed by atoms with E-state index in [0.717, 1.165) is 18.3 Å². The zero-order valence-electron chi connectivity index (χ0n) is 23.2. The van der Waals surface area contributed by atoms with Crippen LogP contribution in [-0.4, -0.2) is 31.5 Å². The van der Waals surface area contributed by atoms with Gasteiger partial charge in [-0.3, -0.25) is 9.22 Å². The Kier molecular flexibility index (Phi) is 9.23. The monoisotopic (exact) mass is 621 g/mol. The number of anilines is 1. The van der Waals surface area contributed by atoms with E-state index in [1.54, 1.807) is 29.7 Å². The van der Waals surface area contributed by atoms with Crippen molar-refractivity contribution in [3.63, 3.8) is 0 Å². The molecule has 0 aliphatic rings. The van der Waals surface area contributed by atoms with Gasteiger partial charge in [0, 0.05) is 34.7 Å². The van der Waals surface area contributed by atoms with Crippen LogP contribution >= 0.6 is 0 Å². The molecule has 4 rings (SSSR count). The number of aliphatic hydroxyl groups is 1. The Balaban J connectivity index is 1.88. The lowest BCUT2D eigenvalue weighted by molar-refractivity contribution is -0.274. The van der Waals surface area contributed by atoms with Crippen molar-refractivity contribution < 1.29 is 36.0 Å². The number of aryl methyl sites for hydroxylation is 1. The molecule has 1 heterocycles. The van der Waals surface area contributed by atoms with Gasteiger partial charge >= 0.3 is 6.36 Å². The summed E-state index contributed by atoms with van der Waals surface area (Å²) >= 11 is 0. The minimum Gasteiger partial charge on any atom is -0.406 e. The van der Waals surface area contributed by atoms with E-state index in [1.165, 1.54) is 48.7 Å². The van der Waals surface area contributed by atoms with E-state index in [4.69, 9.17) is 11.6 Å². The number of hydrogen-bond donors (Lipinski definition) is 3. The van der Waals surface area contributed by atoms with Crippen molar-refractivity contribution >= 4 is 22.2 Å². The lowest BCUT2D eigenvalue weighted by atomic mass is 10.0. The molecule has 0 bridgehead atoms. The summed E-state index contributed by atoms with van der Waals surface area (Å²) in [6.07, 6.45) is -2.23. The number of benzene rings is 3. The van der Waals surface area contributed by atoms with Crippen LogP contribution in [0.2, 0.25) is 0 Å². The van der Waals surface area contributed by atoms with Crippen LogP contribution in [0.5, 0.6) is 5.75 Å². The fourth-order valence-electron chi connectivity index (χ4n) is 4.49. The highest BCUT2D eigenvalue weighted by Gasteiger charge is 2.31. The van der Waals surface area contributed by atoms with Crippen LogP contribution in [-0.2, 0) is 17.4 Å². The molecule has 4 aromatic rings. The maximum atomic E-state index is 14.9. The Bertz CT molecular complexity index is 1690. The van der Waals surface area contributed by atoms with Gasteiger partial charge in [0.1, 0.15) is 23.6 Å². The van der Waals surface area contributed by atoms with Gasteiger partial charge in [-0.25, -0.2) is 19.6 Å². The van der Waals surface area contributed by atoms with Crippen molar-refractivity contribution in [1.29, 1.82) is 0 Å². The molecular weight excluding hydrogens is 593 g/mol. The number of nitrogens with zero attached hydrogens (tertiary/aromatic N) is 3. The molecule has 43 heavy (non-hydrogen) atoms. The van der Waals surface area contributed by atoms with Gasteiger partial charge in [0.25, 0.3) is 0 Å². The van der Waals surface area contributed by atoms with E-state index in [-0.39, 0.29) is 27.5 Å². The lowest BCUT2D eigenvalue weighted by Gasteiger charge is -2.26. The second-order valence-corrected chi connectivity index (χ2v) is 10.8. The molecule has 2 unspecified atom stereocenters. The molecule has 1 aromatic heterocycles. The number of aromatic nitrogens is 2. The van der Waals surface area contributed by atoms with Gasteiger partial charge in [0.05, 0.1) is 40.2 Å². The Labute approximate surface area is 246 Å². The highest BCUT2D eigenvalue weighted by atomic mass is 32.2. The summed E-state index contributed by atoms with van der Waals surface area (Å²) in [6, 6.07) is 12.4. The average Bonchev–Trinajstić information content (AvgIpc) is 3.34. The van der Waals surface area contributed by atoms with Crippen LogP contribution in [0.1, 0.15) is 35.7 Å². The van der Waals surface area contributed by atoms with E-state index in [1.807, 2.05) is 0 Å². The third-order valence-electron chi connectivity index (χ3n) is 6.56. The predicted molar refractivity (Wildman–Crippen MR) is 153 cm³/mol. The van der Waals surface area contributed by atoms with E-state index in [9.17, 15) is 31.3 Å². The maximum absolute atomic E-state index is 14.9. The standard InChI is InChI=1S/C29H28F5N5O3S/c1-16(30)24-14-38(17(2)37-24)25-9-6-19(20-10-23(31)22(15-40)28(12-20)43(3)41)11-26(25)39(36)27(13-35)18-4-7-21(8-5-18)42-29(32,33)34/h4-14,16,40H,15,35-36H2,1-3H3/b27-13-. The Morgan fingerprint density at radius 3 is 2.37 bits per heavy atom. The van der Waals surface area contributed by atoms with Crippen molar-refractivity contribution in [2.24, 2.45) is 11.6 Å². The van der Waals surface area contributed by atoms with Gasteiger partial charge in [0.2, 0.25) is 0 Å². The molecule has 0 fully saturated rings. The van der Waals surface area contributed by atoms with E-state index in [0.29, 0.717) is 28.2 Å². The third kappa shape index (κ3) is 6.87. The summed E-state index contributed by atoms with van der Waals surface area (Å²) in [6.45, 7) is 2.36. The Morgan fingerprint density at radius 1 is 1.16 bits per heavy atom. The summed E-state index contributed by atoms with van der Waals surface area (Å²) in [5, 5.41) is 10.8. The summed E-state index contributed by atoms with van der Waals surface area (Å²) < 4.78 is 84.9. The summed E-state index contributed by atoms with van der Waals surface area (Å²) in [5.74, 6) is 5.81. The fraction of sp³-hybridized carbons (Fsp3) is 0.207. The van der Waals surface area contributed by atoms with Crippen molar-refractivity contribution in [2.75, 3.05) is 11.3 Å². The summed E-state index contributed by atoms with van der Waals surface area (Å²) in [7, 11) is -1.62. The number of rotatable bonds is 9. The minimum absolute atomic E-state index is 0.0879. The number of alkyl halides is 4. The normalized spacial score (nSPS) is 13.6. The van der Waals surface area contributed by atoms with Crippen molar-refractivity contribution in [3.05, 3.63) is 95.5 Å². The van der Waals surface area contributed by atoms with Crippen LogP contribution in [0.4, 0.5) is 27.6 Å². The smallest absolute Gasteiger partial charge is 0.406 e. The number of nitrogens with two attached hydrogens (primary N) is 2. The minimum atomic E-state index is -4.87. The molecule has 14 heteroatoms. The molecular formula is C29H28F5N5O3S. The first-order chi connectivity index (χ1) is 20.2. The van der Waals surface area contributed by atoms with Gasteiger partial charge in [-0.1, -0.05) is 6.07 Å². The van der Waals surface area contributed by atoms with Crippen LogP contribution < -0.4 is 21.3 Å². The second kappa shape index (κ2) is 12.5. The highest BCUT2D eigenvalue weighted by molar-refractivity contribution is 7.84. The van der Waals surface area contributed by atoms with Crippen molar-refractivity contribution in [2.45, 2.75) is 37.9 Å². The number of aliphatic hydroxyl groups excluding tert-OH is 1. The van der Waals surface area contributed by atoms with Crippen LogP contribution in [0, 0.1) is 12.7 Å². The predicted octanol–water partition coefficient (Wildman–Crippen LogP) is 5.78. The van der Waals surface area contributed by atoms with Gasteiger partial charge in [0.15, 0.2) is 0 Å². The molecule has 2 atom stereocenters.